The van der Waals surface area contributed by atoms with Crippen LogP contribution in [0.25, 0.3) is 44.2 Å². The molecule has 1 heterocycles. The first-order valence-electron chi connectivity index (χ1n) is 10.5. The van der Waals surface area contributed by atoms with Crippen molar-refractivity contribution in [3.8, 4) is 33.4 Å². The zero-order valence-corrected chi connectivity index (χ0v) is 18.1. The summed E-state index contributed by atoms with van der Waals surface area (Å²) in [5.74, 6) is 0. The van der Waals surface area contributed by atoms with Crippen LogP contribution in [-0.2, 0) is 4.57 Å². The molecular formula is C29H21OP. The first-order chi connectivity index (χ1) is 15.1. The Morgan fingerprint density at radius 1 is 0.516 bits per heavy atom. The molecule has 31 heavy (non-hydrogen) atoms. The molecule has 1 unspecified atom stereocenters. The van der Waals surface area contributed by atoms with Gasteiger partial charge in [0.15, 0.2) is 0 Å². The van der Waals surface area contributed by atoms with Gasteiger partial charge in [0.1, 0.15) is 7.14 Å². The van der Waals surface area contributed by atoms with E-state index in [1.807, 2.05) is 30.9 Å². The highest BCUT2D eigenvalue weighted by atomic mass is 31.2. The monoisotopic (exact) mass is 416 g/mol. The second-order valence-electron chi connectivity index (χ2n) is 8.28. The summed E-state index contributed by atoms with van der Waals surface area (Å²) in [4.78, 5) is 0. The van der Waals surface area contributed by atoms with Crippen LogP contribution in [0.2, 0.25) is 0 Å². The van der Waals surface area contributed by atoms with Gasteiger partial charge in [0.05, 0.1) is 0 Å². The minimum Gasteiger partial charge on any atom is -0.314 e. The lowest BCUT2D eigenvalue weighted by molar-refractivity contribution is 0.591. The molecule has 0 aromatic heterocycles. The summed E-state index contributed by atoms with van der Waals surface area (Å²) < 4.78 is 13.7. The number of fused-ring (bicyclic) bond motifs is 4. The van der Waals surface area contributed by atoms with Crippen molar-refractivity contribution in [2.75, 3.05) is 6.66 Å². The fourth-order valence-electron chi connectivity index (χ4n) is 4.83. The van der Waals surface area contributed by atoms with Crippen molar-refractivity contribution in [2.45, 2.75) is 0 Å². The predicted molar refractivity (Wildman–Crippen MR) is 133 cm³/mol. The van der Waals surface area contributed by atoms with Crippen LogP contribution in [0.4, 0.5) is 0 Å². The highest BCUT2D eigenvalue weighted by Crippen LogP contribution is 2.50. The first kappa shape index (κ1) is 18.4. The molecule has 0 radical (unpaired) electrons. The molecule has 0 saturated heterocycles. The molecular weight excluding hydrogens is 395 g/mol. The van der Waals surface area contributed by atoms with Gasteiger partial charge in [0.25, 0.3) is 0 Å². The topological polar surface area (TPSA) is 17.1 Å². The molecule has 148 valence electrons. The molecule has 0 amide bonds. The van der Waals surface area contributed by atoms with Crippen LogP contribution in [0.3, 0.4) is 0 Å². The molecule has 0 fully saturated rings. The number of benzene rings is 5. The van der Waals surface area contributed by atoms with Gasteiger partial charge < -0.3 is 4.57 Å². The zero-order chi connectivity index (χ0) is 21.0. The Labute approximate surface area is 182 Å². The maximum Gasteiger partial charge on any atom is 0.141 e. The zero-order valence-electron chi connectivity index (χ0n) is 17.2. The number of rotatable bonds is 2. The van der Waals surface area contributed by atoms with Crippen LogP contribution in [-0.4, -0.2) is 6.66 Å². The van der Waals surface area contributed by atoms with E-state index >= 15 is 0 Å². The van der Waals surface area contributed by atoms with Crippen molar-refractivity contribution >= 4 is 28.5 Å². The third-order valence-corrected chi connectivity index (χ3v) is 8.99. The van der Waals surface area contributed by atoms with Crippen LogP contribution >= 0.6 is 7.14 Å². The SMILES string of the molecule is CP1(=O)c2ccccc2-c2ccc(-c3cc(-c4ccccc4)c4ccccc4c3)cc21. The van der Waals surface area contributed by atoms with Crippen molar-refractivity contribution in [2.24, 2.45) is 0 Å². The lowest BCUT2D eigenvalue weighted by atomic mass is 9.92. The normalized spacial score (nSPS) is 16.8. The first-order valence-corrected chi connectivity index (χ1v) is 12.7. The molecule has 6 rings (SSSR count). The molecule has 0 aliphatic carbocycles. The average Bonchev–Trinajstić information content (AvgIpc) is 3.06. The van der Waals surface area contributed by atoms with Crippen molar-refractivity contribution < 1.29 is 4.57 Å². The molecule has 0 spiro atoms. The lowest BCUT2D eigenvalue weighted by Crippen LogP contribution is -2.08. The van der Waals surface area contributed by atoms with Crippen molar-refractivity contribution in [1.82, 2.24) is 0 Å². The third kappa shape index (κ3) is 2.81. The fraction of sp³-hybridized carbons (Fsp3) is 0.0345. The van der Waals surface area contributed by atoms with E-state index in [9.17, 15) is 4.57 Å². The third-order valence-electron chi connectivity index (χ3n) is 6.39. The van der Waals surface area contributed by atoms with Gasteiger partial charge in [-0.3, -0.25) is 0 Å². The molecule has 5 aromatic carbocycles. The molecule has 0 N–H and O–H groups in total. The summed E-state index contributed by atoms with van der Waals surface area (Å²) >= 11 is 0. The van der Waals surface area contributed by atoms with E-state index in [0.717, 1.165) is 32.9 Å². The van der Waals surface area contributed by atoms with E-state index < -0.39 is 7.14 Å². The molecule has 2 heteroatoms. The molecule has 1 aliphatic heterocycles. The van der Waals surface area contributed by atoms with Crippen LogP contribution in [0.15, 0.2) is 109 Å². The highest BCUT2D eigenvalue weighted by molar-refractivity contribution is 7.79. The van der Waals surface area contributed by atoms with Gasteiger partial charge in [-0.15, -0.1) is 0 Å². The maximum absolute atomic E-state index is 13.7. The predicted octanol–water partition coefficient (Wildman–Crippen LogP) is 7.10. The van der Waals surface area contributed by atoms with Gasteiger partial charge in [-0.2, -0.15) is 0 Å². The van der Waals surface area contributed by atoms with Gasteiger partial charge in [-0.1, -0.05) is 91.0 Å². The van der Waals surface area contributed by atoms with E-state index in [1.54, 1.807) is 0 Å². The van der Waals surface area contributed by atoms with E-state index in [4.69, 9.17) is 0 Å². The van der Waals surface area contributed by atoms with Crippen molar-refractivity contribution in [3.63, 3.8) is 0 Å². The largest absolute Gasteiger partial charge is 0.314 e. The summed E-state index contributed by atoms with van der Waals surface area (Å²) in [6, 6.07) is 38.1. The van der Waals surface area contributed by atoms with Gasteiger partial charge in [-0.25, -0.2) is 0 Å². The average molecular weight is 416 g/mol. The van der Waals surface area contributed by atoms with Crippen molar-refractivity contribution in [3.05, 3.63) is 109 Å². The summed E-state index contributed by atoms with van der Waals surface area (Å²) in [6.07, 6.45) is 0. The van der Waals surface area contributed by atoms with E-state index in [-0.39, 0.29) is 0 Å². The standard InChI is InChI=1S/C29H21OP/c1-31(30)28-14-8-7-13-25(28)26-16-15-21(19-29(26)31)23-17-22-11-5-6-12-24(22)27(18-23)20-9-3-2-4-10-20/h2-19H,1H3. The van der Waals surface area contributed by atoms with Gasteiger partial charge in [0, 0.05) is 10.6 Å². The lowest BCUT2D eigenvalue weighted by Gasteiger charge is -2.13. The Balaban J connectivity index is 1.58. The fourth-order valence-corrected chi connectivity index (χ4v) is 7.15. The van der Waals surface area contributed by atoms with Gasteiger partial charge in [-0.05, 0) is 69.0 Å². The molecule has 0 saturated carbocycles. The van der Waals surface area contributed by atoms with E-state index in [0.29, 0.717) is 0 Å². The Morgan fingerprint density at radius 2 is 1.23 bits per heavy atom. The summed E-state index contributed by atoms with van der Waals surface area (Å²) in [5, 5.41) is 4.40. The summed E-state index contributed by atoms with van der Waals surface area (Å²) in [6.45, 7) is 1.90. The Kier molecular flexibility index (Phi) is 4.03. The number of hydrogen-bond donors (Lipinski definition) is 0. The van der Waals surface area contributed by atoms with E-state index in [2.05, 4.69) is 84.9 Å². The molecule has 1 atom stereocenters. The van der Waals surface area contributed by atoms with Crippen LogP contribution in [0, 0.1) is 0 Å². The van der Waals surface area contributed by atoms with E-state index in [1.165, 1.54) is 21.9 Å². The van der Waals surface area contributed by atoms with Gasteiger partial charge in [0.2, 0.25) is 0 Å². The van der Waals surface area contributed by atoms with Crippen LogP contribution in [0.5, 0.6) is 0 Å². The second kappa shape index (κ2) is 6.80. The molecule has 1 aliphatic rings. The minimum atomic E-state index is -2.59. The minimum absolute atomic E-state index is 0.973. The smallest absolute Gasteiger partial charge is 0.141 e. The van der Waals surface area contributed by atoms with Gasteiger partial charge >= 0.3 is 0 Å². The quantitative estimate of drug-likeness (QED) is 0.281. The molecule has 5 aromatic rings. The Bertz CT molecular complexity index is 1520. The maximum atomic E-state index is 13.7. The summed E-state index contributed by atoms with van der Waals surface area (Å²) in [7, 11) is -2.59. The molecule has 1 nitrogen and oxygen atoms in total. The Hall–Kier alpha value is -3.41. The number of hydrogen-bond acceptors (Lipinski definition) is 1. The Morgan fingerprint density at radius 3 is 2.10 bits per heavy atom. The van der Waals surface area contributed by atoms with Crippen LogP contribution in [0.1, 0.15) is 0 Å². The summed E-state index contributed by atoms with van der Waals surface area (Å²) in [5.41, 5.74) is 6.90. The van der Waals surface area contributed by atoms with Crippen molar-refractivity contribution in [1.29, 1.82) is 0 Å². The second-order valence-corrected chi connectivity index (χ2v) is 11.1. The highest BCUT2D eigenvalue weighted by Gasteiger charge is 2.34. The molecule has 0 bridgehead atoms. The van der Waals surface area contributed by atoms with Crippen LogP contribution < -0.4 is 10.6 Å².